The van der Waals surface area contributed by atoms with E-state index in [1.807, 2.05) is 41.4 Å². The Labute approximate surface area is 237 Å². The smallest absolute Gasteiger partial charge is 0.270 e. The first kappa shape index (κ1) is 26.5. The average molecular weight is 552 g/mol. The van der Waals surface area contributed by atoms with Crippen LogP contribution in [0, 0.1) is 0 Å². The molecule has 3 aromatic heterocycles. The number of H-pyrrole nitrogens is 1. The number of aryl methyl sites for hydroxylation is 1. The van der Waals surface area contributed by atoms with Crippen molar-refractivity contribution in [1.82, 2.24) is 41.5 Å². The molecule has 1 aromatic carbocycles. The van der Waals surface area contributed by atoms with E-state index in [1.165, 1.54) is 12.6 Å². The van der Waals surface area contributed by atoms with Gasteiger partial charge >= 0.3 is 0 Å². The zero-order valence-corrected chi connectivity index (χ0v) is 22.9. The van der Waals surface area contributed by atoms with Crippen LogP contribution in [0.3, 0.4) is 0 Å². The number of hydrazine groups is 2. The van der Waals surface area contributed by atoms with Crippen molar-refractivity contribution in [3.05, 3.63) is 83.7 Å². The van der Waals surface area contributed by atoms with Crippen LogP contribution in [0.4, 0.5) is 5.69 Å². The first-order chi connectivity index (χ1) is 20.0. The summed E-state index contributed by atoms with van der Waals surface area (Å²) in [6, 6.07) is 15.7. The van der Waals surface area contributed by atoms with Gasteiger partial charge in [0.05, 0.1) is 17.9 Å². The number of anilines is 1. The number of pyridine rings is 1. The number of hydrogen-bond donors (Lipinski definition) is 5. The molecule has 11 nitrogen and oxygen atoms in total. The Morgan fingerprint density at radius 3 is 2.76 bits per heavy atom. The molecule has 0 unspecified atom stereocenters. The molecular formula is C30H33N9O2. The van der Waals surface area contributed by atoms with Crippen molar-refractivity contribution in [2.75, 3.05) is 11.9 Å². The summed E-state index contributed by atoms with van der Waals surface area (Å²) in [6.07, 6.45) is 8.42. The van der Waals surface area contributed by atoms with Crippen LogP contribution in [0.2, 0.25) is 0 Å². The fourth-order valence-electron chi connectivity index (χ4n) is 5.06. The van der Waals surface area contributed by atoms with Crippen LogP contribution < -0.4 is 21.6 Å². The van der Waals surface area contributed by atoms with Crippen molar-refractivity contribution in [2.24, 2.45) is 0 Å². The predicted octanol–water partition coefficient (Wildman–Crippen LogP) is 3.66. The van der Waals surface area contributed by atoms with E-state index in [0.29, 0.717) is 18.2 Å². The minimum Gasteiger partial charge on any atom is -0.345 e. The SMILES string of the molecule is CC(=O)Nc1cccc(-c2c(C3CC3)[nH]c3nnc(CCCCN4C=C(C(=O)NCc5ccccn5)NN4)cc23)c1. The predicted molar refractivity (Wildman–Crippen MR) is 156 cm³/mol. The van der Waals surface area contributed by atoms with Crippen molar-refractivity contribution in [3.63, 3.8) is 0 Å². The van der Waals surface area contributed by atoms with Gasteiger partial charge in [0.15, 0.2) is 5.65 Å². The number of aromatic amines is 1. The Balaban J connectivity index is 1.07. The Kier molecular flexibility index (Phi) is 7.59. The molecule has 41 heavy (non-hydrogen) atoms. The van der Waals surface area contributed by atoms with Gasteiger partial charge in [0.2, 0.25) is 5.91 Å². The molecule has 0 saturated heterocycles. The van der Waals surface area contributed by atoms with Crippen molar-refractivity contribution in [3.8, 4) is 11.1 Å². The van der Waals surface area contributed by atoms with Gasteiger partial charge in [-0.1, -0.05) is 18.2 Å². The van der Waals surface area contributed by atoms with Crippen LogP contribution in [0.1, 0.15) is 55.6 Å². The summed E-state index contributed by atoms with van der Waals surface area (Å²) in [4.78, 5) is 31.8. The van der Waals surface area contributed by atoms with Crippen LogP contribution in [0.25, 0.3) is 22.2 Å². The van der Waals surface area contributed by atoms with Crippen LogP contribution in [-0.4, -0.2) is 43.5 Å². The average Bonchev–Trinajstić information content (AvgIpc) is 3.59. The normalized spacial score (nSPS) is 14.6. The first-order valence-corrected chi connectivity index (χ1v) is 14.0. The number of carbonyl (C=O) groups excluding carboxylic acids is 2. The summed E-state index contributed by atoms with van der Waals surface area (Å²) < 4.78 is 0. The Morgan fingerprint density at radius 2 is 1.95 bits per heavy atom. The second-order valence-electron chi connectivity index (χ2n) is 10.5. The maximum atomic E-state index is 12.5. The van der Waals surface area contributed by atoms with Gasteiger partial charge in [-0.3, -0.25) is 25.0 Å². The lowest BCUT2D eigenvalue weighted by atomic mass is 9.99. The minimum atomic E-state index is -0.190. The van der Waals surface area contributed by atoms with Crippen LogP contribution in [0.15, 0.2) is 66.6 Å². The molecule has 4 heterocycles. The number of benzene rings is 1. The third-order valence-electron chi connectivity index (χ3n) is 7.20. The molecule has 0 radical (unpaired) electrons. The van der Waals surface area contributed by atoms with Crippen molar-refractivity contribution < 1.29 is 9.59 Å². The largest absolute Gasteiger partial charge is 0.345 e. The fraction of sp³-hybridized carbons (Fsp3) is 0.300. The van der Waals surface area contributed by atoms with Crippen molar-refractivity contribution >= 4 is 28.5 Å². The molecule has 5 N–H and O–H groups in total. The first-order valence-electron chi connectivity index (χ1n) is 14.0. The lowest BCUT2D eigenvalue weighted by Crippen LogP contribution is -2.39. The van der Waals surface area contributed by atoms with E-state index in [0.717, 1.165) is 77.9 Å². The lowest BCUT2D eigenvalue weighted by molar-refractivity contribution is -0.118. The number of fused-ring (bicyclic) bond motifs is 1. The van der Waals surface area contributed by atoms with Gasteiger partial charge in [0.1, 0.15) is 5.70 Å². The molecule has 210 valence electrons. The van der Waals surface area contributed by atoms with Crippen LogP contribution in [0.5, 0.6) is 0 Å². The van der Waals surface area contributed by atoms with Gasteiger partial charge in [0.25, 0.3) is 5.91 Å². The van der Waals surface area contributed by atoms with E-state index in [9.17, 15) is 9.59 Å². The summed E-state index contributed by atoms with van der Waals surface area (Å²) in [5.74, 6) is 0.223. The quantitative estimate of drug-likeness (QED) is 0.178. The Bertz CT molecular complexity index is 1590. The van der Waals surface area contributed by atoms with Gasteiger partial charge in [-0.2, -0.15) is 5.10 Å². The molecule has 0 bridgehead atoms. The van der Waals surface area contributed by atoms with Gasteiger partial charge in [-0.15, -0.1) is 10.6 Å². The molecule has 4 aromatic rings. The molecule has 2 amide bonds. The van der Waals surface area contributed by atoms with E-state index < -0.39 is 0 Å². The zero-order valence-electron chi connectivity index (χ0n) is 22.9. The molecule has 6 rings (SSSR count). The van der Waals surface area contributed by atoms with E-state index in [2.05, 4.69) is 53.9 Å². The topological polar surface area (TPSA) is 140 Å². The van der Waals surface area contributed by atoms with Gasteiger partial charge in [-0.25, -0.2) is 0 Å². The lowest BCUT2D eigenvalue weighted by Gasteiger charge is -2.14. The third-order valence-corrected chi connectivity index (χ3v) is 7.20. The summed E-state index contributed by atoms with van der Waals surface area (Å²) in [5, 5.41) is 17.7. The number of nitrogens with zero attached hydrogens (tertiary/aromatic N) is 4. The highest BCUT2D eigenvalue weighted by Crippen LogP contribution is 2.46. The highest BCUT2D eigenvalue weighted by atomic mass is 16.2. The van der Waals surface area contributed by atoms with Gasteiger partial charge in [-0.05, 0) is 73.9 Å². The van der Waals surface area contributed by atoms with E-state index in [1.54, 1.807) is 12.4 Å². The number of amides is 2. The molecule has 2 aliphatic rings. The zero-order chi connectivity index (χ0) is 28.2. The Hall–Kier alpha value is -4.77. The maximum Gasteiger partial charge on any atom is 0.270 e. The monoisotopic (exact) mass is 551 g/mol. The number of unbranched alkanes of at least 4 members (excludes halogenated alkanes) is 1. The molecule has 0 atom stereocenters. The second-order valence-corrected chi connectivity index (χ2v) is 10.5. The number of rotatable bonds is 11. The highest BCUT2D eigenvalue weighted by Gasteiger charge is 2.30. The van der Waals surface area contributed by atoms with Gasteiger partial charge in [0, 0.05) is 48.2 Å². The molecule has 1 saturated carbocycles. The number of hydrogen-bond acceptors (Lipinski definition) is 8. The standard InChI is InChI=1S/C30H33N9O2/c1-19(40)33-22-10-6-7-21(15-22)27-25-16-23(35-37-29(25)34-28(27)20-11-12-20)8-3-5-14-39-18-26(36-38-39)30(41)32-17-24-9-2-4-13-31-24/h2,4,6-7,9-10,13,15-16,18,20,36,38H,3,5,8,11-12,14,17H2,1H3,(H,32,41)(H,33,40)(H,34,37). The maximum absolute atomic E-state index is 12.5. The van der Waals surface area contributed by atoms with E-state index in [-0.39, 0.29) is 11.8 Å². The van der Waals surface area contributed by atoms with E-state index >= 15 is 0 Å². The minimum absolute atomic E-state index is 0.0906. The highest BCUT2D eigenvalue weighted by molar-refractivity contribution is 5.97. The number of carbonyl (C=O) groups is 2. The third kappa shape index (κ3) is 6.36. The molecular weight excluding hydrogens is 518 g/mol. The van der Waals surface area contributed by atoms with Gasteiger partial charge < -0.3 is 15.6 Å². The molecule has 1 aliphatic carbocycles. The molecule has 1 aliphatic heterocycles. The molecule has 11 heteroatoms. The second kappa shape index (κ2) is 11.8. The summed E-state index contributed by atoms with van der Waals surface area (Å²) in [6.45, 7) is 2.62. The molecule has 0 spiro atoms. The van der Waals surface area contributed by atoms with Crippen molar-refractivity contribution in [2.45, 2.75) is 51.5 Å². The van der Waals surface area contributed by atoms with Crippen LogP contribution in [-0.2, 0) is 22.6 Å². The van der Waals surface area contributed by atoms with E-state index in [4.69, 9.17) is 0 Å². The number of aromatic nitrogens is 4. The Morgan fingerprint density at radius 1 is 1.05 bits per heavy atom. The summed E-state index contributed by atoms with van der Waals surface area (Å²) in [5.41, 5.74) is 13.1. The summed E-state index contributed by atoms with van der Waals surface area (Å²) in [7, 11) is 0. The summed E-state index contributed by atoms with van der Waals surface area (Å²) >= 11 is 0. The van der Waals surface area contributed by atoms with Crippen molar-refractivity contribution in [1.29, 1.82) is 0 Å². The fourth-order valence-corrected chi connectivity index (χ4v) is 5.06. The number of nitrogens with one attached hydrogen (secondary N) is 5. The van der Waals surface area contributed by atoms with Crippen LogP contribution >= 0.6 is 0 Å². The molecule has 1 fully saturated rings.